The zero-order valence-corrected chi connectivity index (χ0v) is 11.8. The van der Waals surface area contributed by atoms with Crippen LogP contribution in [0.25, 0.3) is 0 Å². The molecule has 1 aromatic heterocycles. The Balaban J connectivity index is 2.39. The molecule has 104 valence electrons. The summed E-state index contributed by atoms with van der Waals surface area (Å²) in [6.07, 6.45) is 0.884. The van der Waals surface area contributed by atoms with Crippen molar-refractivity contribution in [2.24, 2.45) is 0 Å². The first kappa shape index (κ1) is 15.4. The molecule has 5 nitrogen and oxygen atoms in total. The highest BCUT2D eigenvalue weighted by Crippen LogP contribution is 2.18. The number of nitrogens with zero attached hydrogens (tertiary/aromatic N) is 2. The zero-order valence-electron chi connectivity index (χ0n) is 11.8. The van der Waals surface area contributed by atoms with Crippen molar-refractivity contribution in [2.75, 3.05) is 38.8 Å². The molecule has 0 fully saturated rings. The minimum atomic E-state index is 0.617. The van der Waals surface area contributed by atoms with E-state index in [4.69, 9.17) is 14.7 Å². The van der Waals surface area contributed by atoms with Crippen molar-refractivity contribution in [2.45, 2.75) is 20.3 Å². The molecule has 5 heteroatoms. The van der Waals surface area contributed by atoms with Crippen LogP contribution in [0.15, 0.2) is 6.07 Å². The number of ether oxygens (including phenoxy) is 2. The molecule has 0 saturated carbocycles. The van der Waals surface area contributed by atoms with Gasteiger partial charge in [0.25, 0.3) is 0 Å². The molecule has 0 aliphatic carbocycles. The van der Waals surface area contributed by atoms with E-state index in [9.17, 15) is 0 Å². The molecule has 0 atom stereocenters. The van der Waals surface area contributed by atoms with E-state index in [1.54, 1.807) is 7.11 Å². The van der Waals surface area contributed by atoms with Crippen LogP contribution in [0, 0.1) is 25.2 Å². The van der Waals surface area contributed by atoms with E-state index in [0.29, 0.717) is 25.4 Å². The fourth-order valence-electron chi connectivity index (χ4n) is 1.75. The van der Waals surface area contributed by atoms with E-state index < -0.39 is 0 Å². The van der Waals surface area contributed by atoms with Crippen LogP contribution in [-0.2, 0) is 9.47 Å². The second kappa shape index (κ2) is 8.46. The summed E-state index contributed by atoms with van der Waals surface area (Å²) in [5.41, 5.74) is 3.15. The lowest BCUT2D eigenvalue weighted by Crippen LogP contribution is -2.10. The van der Waals surface area contributed by atoms with Crippen molar-refractivity contribution in [1.82, 2.24) is 4.98 Å². The molecule has 0 unspecified atom stereocenters. The summed E-state index contributed by atoms with van der Waals surface area (Å²) < 4.78 is 10.3. The van der Waals surface area contributed by atoms with E-state index in [2.05, 4.69) is 16.4 Å². The first-order chi connectivity index (χ1) is 9.19. The molecule has 0 amide bonds. The van der Waals surface area contributed by atoms with E-state index in [1.165, 1.54) is 0 Å². The van der Waals surface area contributed by atoms with Crippen LogP contribution in [0.4, 0.5) is 5.69 Å². The van der Waals surface area contributed by atoms with Gasteiger partial charge in [0.05, 0.1) is 30.2 Å². The van der Waals surface area contributed by atoms with E-state index >= 15 is 0 Å². The molecule has 1 heterocycles. The van der Waals surface area contributed by atoms with Crippen molar-refractivity contribution in [3.8, 4) is 6.07 Å². The van der Waals surface area contributed by atoms with Crippen molar-refractivity contribution >= 4 is 5.69 Å². The van der Waals surface area contributed by atoms with Crippen LogP contribution in [-0.4, -0.2) is 38.5 Å². The second-order valence-electron chi connectivity index (χ2n) is 4.27. The quantitative estimate of drug-likeness (QED) is 0.727. The van der Waals surface area contributed by atoms with Crippen LogP contribution in [0.1, 0.15) is 23.4 Å². The largest absolute Gasteiger partial charge is 0.384 e. The molecule has 0 aromatic carbocycles. The summed E-state index contributed by atoms with van der Waals surface area (Å²) in [5, 5.41) is 12.4. The normalized spacial score (nSPS) is 10.2. The Morgan fingerprint density at radius 1 is 1.32 bits per heavy atom. The Kier molecular flexibility index (Phi) is 6.86. The van der Waals surface area contributed by atoms with E-state index in [-0.39, 0.29) is 0 Å². The summed E-state index contributed by atoms with van der Waals surface area (Å²) in [6.45, 7) is 6.46. The van der Waals surface area contributed by atoms with Gasteiger partial charge >= 0.3 is 0 Å². The number of aromatic nitrogens is 1. The molecule has 0 bridgehead atoms. The maximum atomic E-state index is 9.12. The van der Waals surface area contributed by atoms with Gasteiger partial charge in [-0.2, -0.15) is 5.26 Å². The van der Waals surface area contributed by atoms with Crippen LogP contribution in [0.5, 0.6) is 0 Å². The van der Waals surface area contributed by atoms with Gasteiger partial charge in [-0.25, -0.2) is 0 Å². The molecule has 0 spiro atoms. The lowest BCUT2D eigenvalue weighted by molar-refractivity contribution is 0.0705. The Morgan fingerprint density at radius 3 is 2.79 bits per heavy atom. The Hall–Kier alpha value is -1.64. The SMILES string of the molecule is COCCOCCCNc1cc(C)nc(C)c1C#N. The highest BCUT2D eigenvalue weighted by Gasteiger charge is 2.07. The number of hydrogen-bond donors (Lipinski definition) is 1. The van der Waals surface area contributed by atoms with Crippen LogP contribution in [0.3, 0.4) is 0 Å². The van der Waals surface area contributed by atoms with Crippen molar-refractivity contribution in [1.29, 1.82) is 5.26 Å². The van der Waals surface area contributed by atoms with E-state index in [0.717, 1.165) is 30.0 Å². The monoisotopic (exact) mass is 263 g/mol. The van der Waals surface area contributed by atoms with Gasteiger partial charge in [-0.1, -0.05) is 0 Å². The minimum absolute atomic E-state index is 0.617. The van der Waals surface area contributed by atoms with Gasteiger partial charge in [-0.05, 0) is 26.3 Å². The number of rotatable bonds is 8. The van der Waals surface area contributed by atoms with Gasteiger partial charge in [0, 0.05) is 26.0 Å². The molecule has 0 saturated heterocycles. The highest BCUT2D eigenvalue weighted by molar-refractivity contribution is 5.59. The van der Waals surface area contributed by atoms with Crippen LogP contribution in [0.2, 0.25) is 0 Å². The number of nitriles is 1. The van der Waals surface area contributed by atoms with Crippen molar-refractivity contribution in [3.63, 3.8) is 0 Å². The number of aryl methyl sites for hydroxylation is 2. The molecule has 0 radical (unpaired) electrons. The fraction of sp³-hybridized carbons (Fsp3) is 0.571. The van der Waals surface area contributed by atoms with Gasteiger partial charge < -0.3 is 14.8 Å². The van der Waals surface area contributed by atoms with Crippen LogP contribution >= 0.6 is 0 Å². The molecule has 1 N–H and O–H groups in total. The third kappa shape index (κ3) is 5.25. The summed E-state index contributed by atoms with van der Waals surface area (Å²) in [4.78, 5) is 4.28. The fourth-order valence-corrected chi connectivity index (χ4v) is 1.75. The smallest absolute Gasteiger partial charge is 0.103 e. The topological polar surface area (TPSA) is 67.2 Å². The van der Waals surface area contributed by atoms with Gasteiger partial charge in [-0.3, -0.25) is 4.98 Å². The predicted molar refractivity (Wildman–Crippen MR) is 74.2 cm³/mol. The lowest BCUT2D eigenvalue weighted by Gasteiger charge is -2.11. The molecule has 1 aromatic rings. The molecule has 0 aliphatic heterocycles. The van der Waals surface area contributed by atoms with Crippen molar-refractivity contribution < 1.29 is 9.47 Å². The Bertz CT molecular complexity index is 441. The Morgan fingerprint density at radius 2 is 2.11 bits per heavy atom. The van der Waals surface area contributed by atoms with Gasteiger partial charge in [-0.15, -0.1) is 0 Å². The molecule has 0 aliphatic rings. The standard InChI is InChI=1S/C14H21N3O2/c1-11-9-14(13(10-15)12(2)17-11)16-5-4-6-19-8-7-18-3/h9H,4-8H2,1-3H3,(H,16,17). The first-order valence-electron chi connectivity index (χ1n) is 6.38. The number of nitrogens with one attached hydrogen (secondary N) is 1. The van der Waals surface area contributed by atoms with Crippen molar-refractivity contribution in [3.05, 3.63) is 23.0 Å². The molecular formula is C14H21N3O2. The van der Waals surface area contributed by atoms with E-state index in [1.807, 2.05) is 19.9 Å². The number of methoxy groups -OCH3 is 1. The molecule has 1 rings (SSSR count). The first-order valence-corrected chi connectivity index (χ1v) is 6.38. The summed E-state index contributed by atoms with van der Waals surface area (Å²) >= 11 is 0. The van der Waals surface area contributed by atoms with Crippen LogP contribution < -0.4 is 5.32 Å². The summed E-state index contributed by atoms with van der Waals surface area (Å²) in [6, 6.07) is 4.09. The Labute approximate surface area is 114 Å². The molecular weight excluding hydrogens is 242 g/mol. The average Bonchev–Trinajstić information content (AvgIpc) is 2.37. The minimum Gasteiger partial charge on any atom is -0.384 e. The number of hydrogen-bond acceptors (Lipinski definition) is 5. The maximum absolute atomic E-state index is 9.12. The second-order valence-corrected chi connectivity index (χ2v) is 4.27. The predicted octanol–water partition coefficient (Wildman–Crippen LogP) is 2.04. The number of anilines is 1. The lowest BCUT2D eigenvalue weighted by atomic mass is 10.1. The number of pyridine rings is 1. The van der Waals surface area contributed by atoms with Gasteiger partial charge in [0.15, 0.2) is 0 Å². The summed E-state index contributed by atoms with van der Waals surface area (Å²) in [7, 11) is 1.66. The van der Waals surface area contributed by atoms with Gasteiger partial charge in [0.1, 0.15) is 6.07 Å². The highest BCUT2D eigenvalue weighted by atomic mass is 16.5. The zero-order chi connectivity index (χ0) is 14.1. The third-order valence-corrected chi connectivity index (χ3v) is 2.65. The molecule has 19 heavy (non-hydrogen) atoms. The third-order valence-electron chi connectivity index (χ3n) is 2.65. The average molecular weight is 263 g/mol. The summed E-state index contributed by atoms with van der Waals surface area (Å²) in [5.74, 6) is 0. The maximum Gasteiger partial charge on any atom is 0.103 e. The van der Waals surface area contributed by atoms with Gasteiger partial charge in [0.2, 0.25) is 0 Å².